The molecule has 1 aromatic rings. The number of oxime groups is 1. The van der Waals surface area contributed by atoms with Gasteiger partial charge in [0.15, 0.2) is 0 Å². The van der Waals surface area contributed by atoms with Crippen LogP contribution in [0, 0.1) is 5.41 Å². The number of ether oxygens (including phenoxy) is 1. The molecule has 0 aromatic heterocycles. The molecule has 0 fully saturated rings. The second kappa shape index (κ2) is 6.45. The average Bonchev–Trinajstić information content (AvgIpc) is 2.38. The first-order valence-corrected chi connectivity index (χ1v) is 6.57. The molecular weight excluding hydrogens is 240 g/mol. The fourth-order valence-electron chi connectivity index (χ4n) is 1.64. The summed E-state index contributed by atoms with van der Waals surface area (Å²) in [5, 5.41) is 11.7. The van der Waals surface area contributed by atoms with Crippen molar-refractivity contribution >= 4 is 5.84 Å². The minimum Gasteiger partial charge on any atom is -0.494 e. The van der Waals surface area contributed by atoms with E-state index in [9.17, 15) is 0 Å². The van der Waals surface area contributed by atoms with Gasteiger partial charge in [0, 0.05) is 5.41 Å². The largest absolute Gasteiger partial charge is 0.494 e. The molecule has 106 valence electrons. The Kier molecular flexibility index (Phi) is 5.21. The molecule has 1 rings (SSSR count). The van der Waals surface area contributed by atoms with Crippen molar-refractivity contribution in [3.05, 3.63) is 29.8 Å². The third-order valence-electron chi connectivity index (χ3n) is 3.34. The highest BCUT2D eigenvalue weighted by molar-refractivity contribution is 5.85. The van der Waals surface area contributed by atoms with Gasteiger partial charge in [0.05, 0.1) is 6.61 Å². The van der Waals surface area contributed by atoms with Gasteiger partial charge in [-0.1, -0.05) is 45.0 Å². The number of hydrogen-bond donors (Lipinski definition) is 2. The minimum absolute atomic E-state index is 0.228. The summed E-state index contributed by atoms with van der Waals surface area (Å²) in [6.07, 6.45) is 0.689. The highest BCUT2D eigenvalue weighted by Gasteiger charge is 2.23. The van der Waals surface area contributed by atoms with Crippen molar-refractivity contribution in [3.63, 3.8) is 0 Å². The zero-order valence-electron chi connectivity index (χ0n) is 12.2. The van der Waals surface area contributed by atoms with Crippen LogP contribution in [0.2, 0.25) is 0 Å². The van der Waals surface area contributed by atoms with Gasteiger partial charge in [-0.15, -0.1) is 0 Å². The zero-order chi connectivity index (χ0) is 14.5. The molecule has 0 heterocycles. The van der Waals surface area contributed by atoms with E-state index >= 15 is 0 Å². The van der Waals surface area contributed by atoms with Crippen molar-refractivity contribution < 1.29 is 9.94 Å². The predicted molar refractivity (Wildman–Crippen MR) is 77.8 cm³/mol. The van der Waals surface area contributed by atoms with E-state index < -0.39 is 0 Å². The van der Waals surface area contributed by atoms with E-state index in [1.54, 1.807) is 0 Å². The fourth-order valence-corrected chi connectivity index (χ4v) is 1.64. The van der Waals surface area contributed by atoms with Crippen LogP contribution in [0.25, 0.3) is 0 Å². The van der Waals surface area contributed by atoms with Crippen LogP contribution in [0.5, 0.6) is 5.75 Å². The Morgan fingerprint density at radius 2 is 1.89 bits per heavy atom. The van der Waals surface area contributed by atoms with E-state index in [4.69, 9.17) is 15.7 Å². The number of amidine groups is 1. The Balaban J connectivity index is 2.50. The highest BCUT2D eigenvalue weighted by atomic mass is 16.5. The topological polar surface area (TPSA) is 67.8 Å². The summed E-state index contributed by atoms with van der Waals surface area (Å²) in [6, 6.07) is 8.11. The van der Waals surface area contributed by atoms with E-state index in [1.165, 1.54) is 5.56 Å². The molecule has 0 saturated carbocycles. The maximum Gasteiger partial charge on any atom is 0.144 e. The standard InChI is InChI=1S/C15H24N2O2/c1-11(2)12-5-7-13(8-6-12)19-10-9-15(3,4)14(16)17-18/h5-8,11,18H,9-10H2,1-4H3,(H2,16,17). The van der Waals surface area contributed by atoms with Crippen molar-refractivity contribution in [2.45, 2.75) is 40.0 Å². The molecule has 1 aromatic carbocycles. The predicted octanol–water partition coefficient (Wildman–Crippen LogP) is 3.35. The molecule has 0 atom stereocenters. The van der Waals surface area contributed by atoms with Crippen molar-refractivity contribution in [2.24, 2.45) is 16.3 Å². The Morgan fingerprint density at radius 1 is 1.32 bits per heavy atom. The Labute approximate surface area is 115 Å². The van der Waals surface area contributed by atoms with Crippen molar-refractivity contribution in [2.75, 3.05) is 6.61 Å². The van der Waals surface area contributed by atoms with Crippen molar-refractivity contribution in [3.8, 4) is 5.75 Å². The van der Waals surface area contributed by atoms with Gasteiger partial charge in [-0.2, -0.15) is 0 Å². The molecule has 0 amide bonds. The van der Waals surface area contributed by atoms with Gasteiger partial charge in [0.2, 0.25) is 0 Å². The fraction of sp³-hybridized carbons (Fsp3) is 0.533. The molecule has 0 aliphatic carbocycles. The van der Waals surface area contributed by atoms with Crippen molar-refractivity contribution in [1.82, 2.24) is 0 Å². The smallest absolute Gasteiger partial charge is 0.144 e. The SMILES string of the molecule is CC(C)c1ccc(OCCC(C)(C)C(N)=NO)cc1. The summed E-state index contributed by atoms with van der Waals surface area (Å²) in [6.45, 7) is 8.70. The average molecular weight is 264 g/mol. The van der Waals surface area contributed by atoms with Crippen LogP contribution in [0.4, 0.5) is 0 Å². The number of nitrogens with zero attached hydrogens (tertiary/aromatic N) is 1. The summed E-state index contributed by atoms with van der Waals surface area (Å²) in [4.78, 5) is 0. The van der Waals surface area contributed by atoms with E-state index in [0.29, 0.717) is 18.9 Å². The minimum atomic E-state index is -0.368. The summed E-state index contributed by atoms with van der Waals surface area (Å²) >= 11 is 0. The summed E-state index contributed by atoms with van der Waals surface area (Å²) in [5.74, 6) is 1.60. The van der Waals surface area contributed by atoms with E-state index in [-0.39, 0.29) is 11.3 Å². The van der Waals surface area contributed by atoms with E-state index in [1.807, 2.05) is 26.0 Å². The maximum absolute atomic E-state index is 8.69. The number of benzene rings is 1. The summed E-state index contributed by atoms with van der Waals surface area (Å²) in [7, 11) is 0. The van der Waals surface area contributed by atoms with Crippen LogP contribution in [-0.4, -0.2) is 17.6 Å². The first-order chi connectivity index (χ1) is 8.86. The molecule has 0 bridgehead atoms. The van der Waals surface area contributed by atoms with Crippen molar-refractivity contribution in [1.29, 1.82) is 0 Å². The molecule has 0 aliphatic rings. The second-order valence-corrected chi connectivity index (χ2v) is 5.69. The van der Waals surface area contributed by atoms with Gasteiger partial charge >= 0.3 is 0 Å². The molecule has 0 radical (unpaired) electrons. The molecule has 19 heavy (non-hydrogen) atoms. The maximum atomic E-state index is 8.69. The third kappa shape index (κ3) is 4.47. The van der Waals surface area contributed by atoms with Gasteiger partial charge in [-0.3, -0.25) is 0 Å². The lowest BCUT2D eigenvalue weighted by atomic mass is 9.88. The highest BCUT2D eigenvalue weighted by Crippen LogP contribution is 2.22. The summed E-state index contributed by atoms with van der Waals surface area (Å²) < 4.78 is 5.68. The normalized spacial score (nSPS) is 12.8. The first kappa shape index (κ1) is 15.3. The number of rotatable bonds is 6. The van der Waals surface area contributed by atoms with Crippen LogP contribution in [-0.2, 0) is 0 Å². The molecule has 3 N–H and O–H groups in total. The van der Waals surface area contributed by atoms with Crippen LogP contribution < -0.4 is 10.5 Å². The molecular formula is C15H24N2O2. The van der Waals surface area contributed by atoms with Crippen LogP contribution in [0.1, 0.15) is 45.6 Å². The quantitative estimate of drug-likeness (QED) is 0.358. The monoisotopic (exact) mass is 264 g/mol. The van der Waals surface area contributed by atoms with Gasteiger partial charge in [-0.25, -0.2) is 0 Å². The second-order valence-electron chi connectivity index (χ2n) is 5.69. The van der Waals surface area contributed by atoms with Gasteiger partial charge in [0.1, 0.15) is 11.6 Å². The molecule has 0 saturated heterocycles. The van der Waals surface area contributed by atoms with Gasteiger partial charge in [0.25, 0.3) is 0 Å². The first-order valence-electron chi connectivity index (χ1n) is 6.57. The van der Waals surface area contributed by atoms with Gasteiger partial charge < -0.3 is 15.7 Å². The Hall–Kier alpha value is -1.71. The Bertz CT molecular complexity index is 422. The lowest BCUT2D eigenvalue weighted by Gasteiger charge is -2.22. The number of nitrogens with two attached hydrogens (primary N) is 1. The Morgan fingerprint density at radius 3 is 2.37 bits per heavy atom. The van der Waals surface area contributed by atoms with Crippen LogP contribution in [0.15, 0.2) is 29.4 Å². The van der Waals surface area contributed by atoms with Gasteiger partial charge in [-0.05, 0) is 30.0 Å². The lowest BCUT2D eigenvalue weighted by molar-refractivity contribution is 0.259. The third-order valence-corrected chi connectivity index (χ3v) is 3.34. The zero-order valence-corrected chi connectivity index (χ0v) is 12.2. The lowest BCUT2D eigenvalue weighted by Crippen LogP contribution is -2.33. The molecule has 0 spiro atoms. The summed E-state index contributed by atoms with van der Waals surface area (Å²) in [5.41, 5.74) is 6.56. The molecule has 0 unspecified atom stereocenters. The molecule has 4 heteroatoms. The van der Waals surface area contributed by atoms with E-state index in [0.717, 1.165) is 5.75 Å². The van der Waals surface area contributed by atoms with Crippen LogP contribution in [0.3, 0.4) is 0 Å². The van der Waals surface area contributed by atoms with E-state index in [2.05, 4.69) is 31.1 Å². The van der Waals surface area contributed by atoms with Crippen LogP contribution >= 0.6 is 0 Å². The number of hydrogen-bond acceptors (Lipinski definition) is 3. The molecule has 4 nitrogen and oxygen atoms in total. The molecule has 0 aliphatic heterocycles.